The minimum atomic E-state index is -0.282. The molecule has 0 aliphatic heterocycles. The third-order valence-corrected chi connectivity index (χ3v) is 4.01. The van der Waals surface area contributed by atoms with Crippen molar-refractivity contribution >= 4 is 16.8 Å². The second kappa shape index (κ2) is 8.38. The van der Waals surface area contributed by atoms with E-state index in [4.69, 9.17) is 9.47 Å². The molecule has 6 heteroatoms. The fraction of sp³-hybridized carbons (Fsp3) is 0.250. The lowest BCUT2D eigenvalue weighted by atomic mass is 10.2. The van der Waals surface area contributed by atoms with Crippen LogP contribution in [0.1, 0.15) is 23.3 Å². The zero-order chi connectivity index (χ0) is 18.4. The molecule has 0 atom stereocenters. The molecule has 2 aromatic carbocycles. The van der Waals surface area contributed by atoms with Crippen LogP contribution in [0.25, 0.3) is 10.9 Å². The number of hydrogen-bond donors (Lipinski definition) is 2. The van der Waals surface area contributed by atoms with Gasteiger partial charge < -0.3 is 19.8 Å². The zero-order valence-electron chi connectivity index (χ0n) is 14.5. The second-order valence-electron chi connectivity index (χ2n) is 5.90. The highest BCUT2D eigenvalue weighted by atomic mass is 19.1. The van der Waals surface area contributed by atoms with Crippen LogP contribution in [0.5, 0.6) is 11.5 Å². The van der Waals surface area contributed by atoms with Gasteiger partial charge in [-0.1, -0.05) is 0 Å². The van der Waals surface area contributed by atoms with Crippen molar-refractivity contribution in [1.82, 2.24) is 10.3 Å². The van der Waals surface area contributed by atoms with E-state index in [0.717, 1.165) is 29.5 Å². The van der Waals surface area contributed by atoms with E-state index < -0.39 is 0 Å². The number of aromatic nitrogens is 1. The predicted molar refractivity (Wildman–Crippen MR) is 98.3 cm³/mol. The van der Waals surface area contributed by atoms with Crippen LogP contribution >= 0.6 is 0 Å². The topological polar surface area (TPSA) is 63.4 Å². The largest absolute Gasteiger partial charge is 0.497 e. The Labute approximate surface area is 151 Å². The van der Waals surface area contributed by atoms with Gasteiger partial charge in [0.1, 0.15) is 23.0 Å². The molecule has 0 radical (unpaired) electrons. The van der Waals surface area contributed by atoms with Gasteiger partial charge in [0.15, 0.2) is 0 Å². The molecule has 0 bridgehead atoms. The van der Waals surface area contributed by atoms with Gasteiger partial charge in [-0.25, -0.2) is 4.39 Å². The molecular weight excluding hydrogens is 335 g/mol. The summed E-state index contributed by atoms with van der Waals surface area (Å²) in [5.74, 6) is 0.964. The van der Waals surface area contributed by atoms with Crippen LogP contribution in [0, 0.1) is 5.82 Å². The molecule has 5 nitrogen and oxygen atoms in total. The van der Waals surface area contributed by atoms with Crippen molar-refractivity contribution in [3.63, 3.8) is 0 Å². The minimum absolute atomic E-state index is 0.139. The number of H-pyrrole nitrogens is 1. The maximum Gasteiger partial charge on any atom is 0.267 e. The molecule has 136 valence electrons. The van der Waals surface area contributed by atoms with Gasteiger partial charge >= 0.3 is 0 Å². The Bertz CT molecular complexity index is 874. The Morgan fingerprint density at radius 1 is 1.08 bits per heavy atom. The van der Waals surface area contributed by atoms with E-state index in [-0.39, 0.29) is 11.7 Å². The van der Waals surface area contributed by atoms with E-state index in [2.05, 4.69) is 10.3 Å². The Morgan fingerprint density at radius 2 is 1.85 bits per heavy atom. The molecule has 3 rings (SSSR count). The second-order valence-corrected chi connectivity index (χ2v) is 5.90. The average molecular weight is 356 g/mol. The summed E-state index contributed by atoms with van der Waals surface area (Å²) in [6.07, 6.45) is 1.59. The quantitative estimate of drug-likeness (QED) is 0.602. The number of carbonyl (C=O) groups excluding carboxylic acids is 1. The van der Waals surface area contributed by atoms with Gasteiger partial charge in [-0.15, -0.1) is 0 Å². The SMILES string of the molecule is COc1ccc2cc(C(=O)NCCCCOc3ccc(F)cc3)[nH]c2c1. The van der Waals surface area contributed by atoms with E-state index in [1.54, 1.807) is 19.2 Å². The first-order chi connectivity index (χ1) is 12.7. The van der Waals surface area contributed by atoms with Gasteiger partial charge in [0.05, 0.1) is 13.7 Å². The van der Waals surface area contributed by atoms with Crippen LogP contribution in [0.15, 0.2) is 48.5 Å². The number of aromatic amines is 1. The van der Waals surface area contributed by atoms with E-state index in [1.807, 2.05) is 24.3 Å². The Balaban J connectivity index is 1.40. The van der Waals surface area contributed by atoms with Crippen molar-refractivity contribution in [3.05, 3.63) is 60.0 Å². The molecule has 0 unspecified atom stereocenters. The van der Waals surface area contributed by atoms with Crippen molar-refractivity contribution in [2.75, 3.05) is 20.3 Å². The molecular formula is C20H21FN2O3. The number of methoxy groups -OCH3 is 1. The number of benzene rings is 2. The number of halogens is 1. The first-order valence-corrected chi connectivity index (χ1v) is 8.49. The third kappa shape index (κ3) is 4.53. The van der Waals surface area contributed by atoms with Gasteiger partial charge in [-0.2, -0.15) is 0 Å². The van der Waals surface area contributed by atoms with E-state index in [9.17, 15) is 9.18 Å². The van der Waals surface area contributed by atoms with Crippen molar-refractivity contribution in [2.45, 2.75) is 12.8 Å². The number of rotatable bonds is 8. The summed E-state index contributed by atoms with van der Waals surface area (Å²) in [6, 6.07) is 13.4. The van der Waals surface area contributed by atoms with Crippen LogP contribution in [-0.2, 0) is 0 Å². The number of amides is 1. The van der Waals surface area contributed by atoms with Crippen molar-refractivity contribution in [3.8, 4) is 11.5 Å². The monoisotopic (exact) mass is 356 g/mol. The lowest BCUT2D eigenvalue weighted by molar-refractivity contribution is 0.0948. The maximum atomic E-state index is 12.8. The van der Waals surface area contributed by atoms with Gasteiger partial charge in [-0.3, -0.25) is 4.79 Å². The molecule has 0 aliphatic carbocycles. The van der Waals surface area contributed by atoms with Gasteiger partial charge in [-0.05, 0) is 55.3 Å². The summed E-state index contributed by atoms with van der Waals surface area (Å²) in [7, 11) is 1.61. The number of fused-ring (bicyclic) bond motifs is 1. The lowest BCUT2D eigenvalue weighted by Crippen LogP contribution is -2.25. The van der Waals surface area contributed by atoms with Crippen molar-refractivity contribution in [1.29, 1.82) is 0 Å². The van der Waals surface area contributed by atoms with Crippen LogP contribution in [0.2, 0.25) is 0 Å². The van der Waals surface area contributed by atoms with Crippen LogP contribution in [0.3, 0.4) is 0 Å². The molecule has 3 aromatic rings. The molecule has 1 heterocycles. The zero-order valence-corrected chi connectivity index (χ0v) is 14.5. The standard InChI is InChI=1S/C20H21FN2O3/c1-25-17-7-4-14-12-19(23-18(14)13-17)20(24)22-10-2-3-11-26-16-8-5-15(21)6-9-16/h4-9,12-13,23H,2-3,10-11H2,1H3,(H,22,24). The first kappa shape index (κ1) is 17.8. The fourth-order valence-corrected chi connectivity index (χ4v) is 2.60. The number of ether oxygens (including phenoxy) is 2. The highest BCUT2D eigenvalue weighted by Gasteiger charge is 2.09. The van der Waals surface area contributed by atoms with Crippen molar-refractivity contribution < 1.29 is 18.7 Å². The lowest BCUT2D eigenvalue weighted by Gasteiger charge is -2.06. The summed E-state index contributed by atoms with van der Waals surface area (Å²) in [6.45, 7) is 1.08. The van der Waals surface area contributed by atoms with Crippen LogP contribution in [-0.4, -0.2) is 31.2 Å². The molecule has 0 saturated carbocycles. The molecule has 2 N–H and O–H groups in total. The van der Waals surface area contributed by atoms with Crippen LogP contribution < -0.4 is 14.8 Å². The van der Waals surface area contributed by atoms with E-state index in [1.165, 1.54) is 12.1 Å². The molecule has 0 aliphatic rings. The van der Waals surface area contributed by atoms with Gasteiger partial charge in [0.2, 0.25) is 0 Å². The van der Waals surface area contributed by atoms with Gasteiger partial charge in [0, 0.05) is 23.5 Å². The molecule has 1 amide bonds. The van der Waals surface area contributed by atoms with E-state index in [0.29, 0.717) is 24.6 Å². The normalized spacial score (nSPS) is 10.7. The molecule has 0 fully saturated rings. The van der Waals surface area contributed by atoms with E-state index >= 15 is 0 Å². The number of nitrogens with one attached hydrogen (secondary N) is 2. The summed E-state index contributed by atoms with van der Waals surface area (Å²) >= 11 is 0. The highest BCUT2D eigenvalue weighted by molar-refractivity contribution is 5.98. The number of hydrogen-bond acceptors (Lipinski definition) is 3. The summed E-state index contributed by atoms with van der Waals surface area (Å²) < 4.78 is 23.5. The molecule has 26 heavy (non-hydrogen) atoms. The molecule has 0 spiro atoms. The third-order valence-electron chi connectivity index (χ3n) is 4.01. The fourth-order valence-electron chi connectivity index (χ4n) is 2.60. The smallest absolute Gasteiger partial charge is 0.267 e. The minimum Gasteiger partial charge on any atom is -0.497 e. The number of carbonyl (C=O) groups is 1. The predicted octanol–water partition coefficient (Wildman–Crippen LogP) is 3.90. The average Bonchev–Trinajstić information content (AvgIpc) is 3.09. The first-order valence-electron chi connectivity index (χ1n) is 8.49. The molecule has 1 aromatic heterocycles. The van der Waals surface area contributed by atoms with Gasteiger partial charge in [0.25, 0.3) is 5.91 Å². The van der Waals surface area contributed by atoms with Crippen LogP contribution in [0.4, 0.5) is 4.39 Å². The maximum absolute atomic E-state index is 12.8. The summed E-state index contributed by atoms with van der Waals surface area (Å²) in [5, 5.41) is 3.85. The Kier molecular flexibility index (Phi) is 5.73. The summed E-state index contributed by atoms with van der Waals surface area (Å²) in [4.78, 5) is 15.3. The Hall–Kier alpha value is -3.02. The van der Waals surface area contributed by atoms with Crippen molar-refractivity contribution in [2.24, 2.45) is 0 Å². The Morgan fingerprint density at radius 3 is 2.62 bits per heavy atom. The summed E-state index contributed by atoms with van der Waals surface area (Å²) in [5.41, 5.74) is 1.39. The highest BCUT2D eigenvalue weighted by Crippen LogP contribution is 2.21. The number of unbranched alkanes of at least 4 members (excludes halogenated alkanes) is 1. The molecule has 0 saturated heterocycles.